The zero-order valence-electron chi connectivity index (χ0n) is 12.8. The van der Waals surface area contributed by atoms with E-state index in [1.54, 1.807) is 0 Å². The Morgan fingerprint density at radius 1 is 1.10 bits per heavy atom. The molecule has 0 saturated heterocycles. The fourth-order valence-corrected chi connectivity index (χ4v) is 3.14. The van der Waals surface area contributed by atoms with E-state index in [1.807, 2.05) is 6.07 Å². The summed E-state index contributed by atoms with van der Waals surface area (Å²) < 4.78 is 0. The molecule has 0 aliphatic heterocycles. The van der Waals surface area contributed by atoms with Gasteiger partial charge in [0, 0.05) is 6.04 Å². The molecule has 0 amide bonds. The zero-order chi connectivity index (χ0) is 14.2. The van der Waals surface area contributed by atoms with Gasteiger partial charge in [-0.25, -0.2) is 0 Å². The molecule has 2 N–H and O–H groups in total. The van der Waals surface area contributed by atoms with Crippen LogP contribution in [0.5, 0.6) is 0 Å². The minimum atomic E-state index is -0.333. The highest BCUT2D eigenvalue weighted by Gasteiger charge is 2.26. The lowest BCUT2D eigenvalue weighted by atomic mass is 9.86. The minimum absolute atomic E-state index is 0.237. The first-order valence-electron chi connectivity index (χ1n) is 8.32. The number of rotatable bonds is 8. The van der Waals surface area contributed by atoms with E-state index in [-0.39, 0.29) is 12.1 Å². The van der Waals surface area contributed by atoms with Crippen molar-refractivity contribution >= 4 is 0 Å². The molecule has 0 saturated carbocycles. The average Bonchev–Trinajstić information content (AvgIpc) is 2.49. The van der Waals surface area contributed by atoms with Gasteiger partial charge >= 0.3 is 0 Å². The van der Waals surface area contributed by atoms with Gasteiger partial charge in [0.15, 0.2) is 0 Å². The molecule has 20 heavy (non-hydrogen) atoms. The first-order valence-corrected chi connectivity index (χ1v) is 8.32. The summed E-state index contributed by atoms with van der Waals surface area (Å²) >= 11 is 0. The molecule has 0 spiro atoms. The maximum Gasteiger partial charge on any atom is 0.0945 e. The Bertz CT molecular complexity index is 391. The Balaban J connectivity index is 1.67. The van der Waals surface area contributed by atoms with E-state index in [4.69, 9.17) is 0 Å². The number of aryl methyl sites for hydroxylation is 1. The summed E-state index contributed by atoms with van der Waals surface area (Å²) in [4.78, 5) is 0. The van der Waals surface area contributed by atoms with Crippen molar-refractivity contribution in [1.82, 2.24) is 5.32 Å². The predicted octanol–water partition coefficient (Wildman–Crippen LogP) is 3.98. The number of hydrogen-bond donors (Lipinski definition) is 2. The normalized spacial score (nSPS) is 21.7. The fourth-order valence-electron chi connectivity index (χ4n) is 3.14. The summed E-state index contributed by atoms with van der Waals surface area (Å²) in [5.41, 5.74) is 2.44. The van der Waals surface area contributed by atoms with Crippen LogP contribution in [-0.4, -0.2) is 17.7 Å². The Hall–Kier alpha value is -0.860. The highest BCUT2D eigenvalue weighted by atomic mass is 16.3. The van der Waals surface area contributed by atoms with Crippen molar-refractivity contribution in [2.75, 3.05) is 6.54 Å². The minimum Gasteiger partial charge on any atom is -0.387 e. The van der Waals surface area contributed by atoms with Crippen molar-refractivity contribution in [3.8, 4) is 0 Å². The lowest BCUT2D eigenvalue weighted by molar-refractivity contribution is 0.115. The van der Waals surface area contributed by atoms with Crippen molar-refractivity contribution < 1.29 is 5.11 Å². The highest BCUT2D eigenvalue weighted by molar-refractivity contribution is 5.32. The molecule has 2 rings (SSSR count). The van der Waals surface area contributed by atoms with E-state index in [2.05, 4.69) is 30.4 Å². The van der Waals surface area contributed by atoms with Gasteiger partial charge in [0.05, 0.1) is 6.10 Å². The van der Waals surface area contributed by atoms with Crippen molar-refractivity contribution in [3.05, 3.63) is 35.4 Å². The molecule has 1 aliphatic carbocycles. The van der Waals surface area contributed by atoms with Gasteiger partial charge in [0.1, 0.15) is 0 Å². The monoisotopic (exact) mass is 275 g/mol. The summed E-state index contributed by atoms with van der Waals surface area (Å²) in [5, 5.41) is 14.0. The van der Waals surface area contributed by atoms with Gasteiger partial charge < -0.3 is 10.4 Å². The van der Waals surface area contributed by atoms with Crippen LogP contribution in [0.1, 0.15) is 69.1 Å². The summed E-state index contributed by atoms with van der Waals surface area (Å²) in [6, 6.07) is 8.54. The van der Waals surface area contributed by atoms with E-state index >= 15 is 0 Å². The molecule has 0 radical (unpaired) electrons. The molecular formula is C18H29NO. The van der Waals surface area contributed by atoms with Crippen LogP contribution in [0.3, 0.4) is 0 Å². The molecule has 0 fully saturated rings. The Labute approximate surface area is 123 Å². The van der Waals surface area contributed by atoms with Gasteiger partial charge in [-0.15, -0.1) is 0 Å². The van der Waals surface area contributed by atoms with Crippen LogP contribution in [0.4, 0.5) is 0 Å². The second kappa shape index (κ2) is 8.43. The second-order valence-corrected chi connectivity index (χ2v) is 6.01. The zero-order valence-corrected chi connectivity index (χ0v) is 12.8. The first-order chi connectivity index (χ1) is 9.83. The van der Waals surface area contributed by atoms with Crippen molar-refractivity contribution in [2.45, 2.75) is 70.4 Å². The van der Waals surface area contributed by atoms with Crippen LogP contribution in [0.25, 0.3) is 0 Å². The molecule has 1 aliphatic rings. The number of unbranched alkanes of at least 4 members (excludes halogenated alkanes) is 5. The molecule has 2 nitrogen and oxygen atoms in total. The molecule has 1 aromatic carbocycles. The third-order valence-corrected chi connectivity index (χ3v) is 4.42. The van der Waals surface area contributed by atoms with Gasteiger partial charge in [-0.3, -0.25) is 0 Å². The first kappa shape index (κ1) is 15.5. The molecule has 2 unspecified atom stereocenters. The molecular weight excluding hydrogens is 246 g/mol. The smallest absolute Gasteiger partial charge is 0.0945 e. The summed E-state index contributed by atoms with van der Waals surface area (Å²) in [7, 11) is 0. The van der Waals surface area contributed by atoms with Gasteiger partial charge in [0.25, 0.3) is 0 Å². The van der Waals surface area contributed by atoms with Crippen molar-refractivity contribution in [2.24, 2.45) is 0 Å². The van der Waals surface area contributed by atoms with Crippen LogP contribution in [0, 0.1) is 0 Å². The highest BCUT2D eigenvalue weighted by Crippen LogP contribution is 2.29. The van der Waals surface area contributed by atoms with Crippen molar-refractivity contribution in [1.29, 1.82) is 0 Å². The molecule has 1 aromatic rings. The summed E-state index contributed by atoms with van der Waals surface area (Å²) in [5.74, 6) is 0. The number of nitrogens with one attached hydrogen (secondary N) is 1. The molecule has 2 atom stereocenters. The van der Waals surface area contributed by atoms with Crippen molar-refractivity contribution in [3.63, 3.8) is 0 Å². The maximum absolute atomic E-state index is 10.4. The van der Waals surface area contributed by atoms with Gasteiger partial charge in [-0.2, -0.15) is 0 Å². The van der Waals surface area contributed by atoms with Gasteiger partial charge in [0.2, 0.25) is 0 Å². The standard InChI is InChI=1S/C18H29NO/c1-2-3-4-5-6-9-14-19-17-13-12-15-10-7-8-11-16(15)18(17)20/h7-8,10-11,17-20H,2-6,9,12-14H2,1H3. The average molecular weight is 275 g/mol. The lowest BCUT2D eigenvalue weighted by Gasteiger charge is -2.30. The van der Waals surface area contributed by atoms with E-state index in [0.29, 0.717) is 0 Å². The quantitative estimate of drug-likeness (QED) is 0.703. The molecule has 0 bridgehead atoms. The van der Waals surface area contributed by atoms with Gasteiger partial charge in [-0.1, -0.05) is 63.3 Å². The second-order valence-electron chi connectivity index (χ2n) is 6.01. The number of aliphatic hydroxyl groups excluding tert-OH is 1. The SMILES string of the molecule is CCCCCCCCNC1CCc2ccccc2C1O. The van der Waals surface area contributed by atoms with E-state index in [1.165, 1.54) is 44.1 Å². The maximum atomic E-state index is 10.4. The van der Waals surface area contributed by atoms with Crippen LogP contribution in [0.15, 0.2) is 24.3 Å². The summed E-state index contributed by atoms with van der Waals surface area (Å²) in [6.07, 6.45) is 9.75. The van der Waals surface area contributed by atoms with E-state index in [0.717, 1.165) is 24.9 Å². The Morgan fingerprint density at radius 2 is 1.85 bits per heavy atom. The molecule has 112 valence electrons. The largest absolute Gasteiger partial charge is 0.387 e. The number of aliphatic hydroxyl groups is 1. The number of fused-ring (bicyclic) bond motifs is 1. The molecule has 2 heteroatoms. The Kier molecular flexibility index (Phi) is 6.55. The molecule has 0 heterocycles. The van der Waals surface area contributed by atoms with Gasteiger partial charge in [-0.05, 0) is 36.9 Å². The molecule has 0 aromatic heterocycles. The number of hydrogen-bond acceptors (Lipinski definition) is 2. The van der Waals surface area contributed by atoms with E-state index in [9.17, 15) is 5.11 Å². The van der Waals surface area contributed by atoms with Crippen LogP contribution < -0.4 is 5.32 Å². The third kappa shape index (κ3) is 4.32. The lowest BCUT2D eigenvalue weighted by Crippen LogP contribution is -2.38. The Morgan fingerprint density at radius 3 is 2.70 bits per heavy atom. The topological polar surface area (TPSA) is 32.3 Å². The predicted molar refractivity (Wildman–Crippen MR) is 84.9 cm³/mol. The summed E-state index contributed by atoms with van der Waals surface area (Å²) in [6.45, 7) is 3.29. The fraction of sp³-hybridized carbons (Fsp3) is 0.667. The van der Waals surface area contributed by atoms with E-state index < -0.39 is 0 Å². The number of benzene rings is 1. The van der Waals surface area contributed by atoms with Crippen LogP contribution in [-0.2, 0) is 6.42 Å². The third-order valence-electron chi connectivity index (χ3n) is 4.42. The van der Waals surface area contributed by atoms with Crippen LogP contribution in [0.2, 0.25) is 0 Å². The van der Waals surface area contributed by atoms with Crippen LogP contribution >= 0.6 is 0 Å².